The van der Waals surface area contributed by atoms with Gasteiger partial charge in [0.15, 0.2) is 5.69 Å². The summed E-state index contributed by atoms with van der Waals surface area (Å²) in [6.07, 6.45) is 5.16. The largest absolute Gasteiger partial charge is 0.396 e. The summed E-state index contributed by atoms with van der Waals surface area (Å²) in [6, 6.07) is 7.69. The van der Waals surface area contributed by atoms with Crippen molar-refractivity contribution < 1.29 is 14.8 Å². The van der Waals surface area contributed by atoms with Gasteiger partial charge in [0.25, 0.3) is 11.6 Å². The summed E-state index contributed by atoms with van der Waals surface area (Å²) < 4.78 is 1.53. The Morgan fingerprint density at radius 2 is 2.04 bits per heavy atom. The first kappa shape index (κ1) is 17.1. The highest BCUT2D eigenvalue weighted by atomic mass is 16.6. The van der Waals surface area contributed by atoms with Crippen LogP contribution in [0.5, 0.6) is 0 Å². The van der Waals surface area contributed by atoms with Crippen LogP contribution < -0.4 is 0 Å². The number of aromatic nitrogens is 2. The van der Waals surface area contributed by atoms with Crippen molar-refractivity contribution in [3.63, 3.8) is 0 Å². The van der Waals surface area contributed by atoms with Crippen LogP contribution in [0.2, 0.25) is 0 Å². The minimum absolute atomic E-state index is 0.00682. The Kier molecular flexibility index (Phi) is 5.08. The van der Waals surface area contributed by atoms with Crippen molar-refractivity contribution in [1.29, 1.82) is 0 Å². The van der Waals surface area contributed by atoms with Crippen molar-refractivity contribution in [3.8, 4) is 5.69 Å². The first-order valence-corrected chi connectivity index (χ1v) is 8.32. The summed E-state index contributed by atoms with van der Waals surface area (Å²) >= 11 is 0. The topological polar surface area (TPSA) is 102 Å². The standard InChI is InChI=1S/C17H20N4O4/c22-12-9-13-3-1-2-10-19(13)17(23)16-8-11-20(18-16)14-4-6-15(7-5-14)21(24)25/h4-8,11,13,22H,1-3,9-10,12H2. The van der Waals surface area contributed by atoms with Crippen LogP contribution in [0.25, 0.3) is 5.69 Å². The van der Waals surface area contributed by atoms with Crippen LogP contribution >= 0.6 is 0 Å². The number of hydrogen-bond acceptors (Lipinski definition) is 5. The smallest absolute Gasteiger partial charge is 0.274 e. The number of likely N-dealkylation sites (tertiary alicyclic amines) is 1. The van der Waals surface area contributed by atoms with Gasteiger partial charge >= 0.3 is 0 Å². The molecule has 8 heteroatoms. The summed E-state index contributed by atoms with van der Waals surface area (Å²) in [6.45, 7) is 0.736. The number of nitrogens with zero attached hydrogens (tertiary/aromatic N) is 4. The predicted octanol–water partition coefficient (Wildman–Crippen LogP) is 2.16. The fraction of sp³-hybridized carbons (Fsp3) is 0.412. The molecule has 1 atom stereocenters. The Hall–Kier alpha value is -2.74. The summed E-state index contributed by atoms with van der Waals surface area (Å²) in [7, 11) is 0. The lowest BCUT2D eigenvalue weighted by Gasteiger charge is -2.35. The molecular formula is C17H20N4O4. The van der Waals surface area contributed by atoms with Gasteiger partial charge in [-0.25, -0.2) is 4.68 Å². The van der Waals surface area contributed by atoms with E-state index in [9.17, 15) is 20.0 Å². The minimum atomic E-state index is -0.459. The Labute approximate surface area is 144 Å². The van der Waals surface area contributed by atoms with Crippen molar-refractivity contribution in [2.45, 2.75) is 31.7 Å². The number of hydrogen-bond donors (Lipinski definition) is 1. The van der Waals surface area contributed by atoms with Crippen molar-refractivity contribution in [3.05, 3.63) is 52.3 Å². The molecule has 1 aliphatic rings. The van der Waals surface area contributed by atoms with Crippen molar-refractivity contribution >= 4 is 11.6 Å². The van der Waals surface area contributed by atoms with Crippen molar-refractivity contribution in [2.75, 3.05) is 13.2 Å². The number of aliphatic hydroxyl groups is 1. The molecule has 8 nitrogen and oxygen atoms in total. The number of nitro groups is 1. The molecule has 2 aromatic rings. The summed E-state index contributed by atoms with van der Waals surface area (Å²) in [5.74, 6) is -0.140. The quantitative estimate of drug-likeness (QED) is 0.661. The lowest BCUT2D eigenvalue weighted by molar-refractivity contribution is -0.384. The van der Waals surface area contributed by atoms with E-state index in [2.05, 4.69) is 5.10 Å². The van der Waals surface area contributed by atoms with Crippen LogP contribution in [-0.4, -0.2) is 49.8 Å². The SMILES string of the molecule is O=C(c1ccn(-c2ccc([N+](=O)[O-])cc2)n1)N1CCCCC1CCO. The Morgan fingerprint density at radius 3 is 2.72 bits per heavy atom. The maximum Gasteiger partial charge on any atom is 0.274 e. The van der Waals surface area contributed by atoms with Crippen LogP contribution in [0.15, 0.2) is 36.5 Å². The lowest BCUT2D eigenvalue weighted by atomic mass is 9.99. The highest BCUT2D eigenvalue weighted by molar-refractivity contribution is 5.92. The van der Waals surface area contributed by atoms with Crippen molar-refractivity contribution in [1.82, 2.24) is 14.7 Å². The van der Waals surface area contributed by atoms with E-state index in [0.717, 1.165) is 19.3 Å². The average Bonchev–Trinajstić information content (AvgIpc) is 3.12. The minimum Gasteiger partial charge on any atom is -0.396 e. The number of amides is 1. The molecule has 2 heterocycles. The van der Waals surface area contributed by atoms with Gasteiger partial charge in [-0.1, -0.05) is 0 Å². The van der Waals surface area contributed by atoms with Gasteiger partial charge in [-0.2, -0.15) is 5.10 Å². The molecule has 0 aliphatic carbocycles. The summed E-state index contributed by atoms with van der Waals surface area (Å²) in [5.41, 5.74) is 0.991. The fourth-order valence-corrected chi connectivity index (χ4v) is 3.17. The molecule has 0 saturated carbocycles. The maximum absolute atomic E-state index is 12.8. The van der Waals surface area contributed by atoms with Crippen LogP contribution in [-0.2, 0) is 0 Å². The number of piperidine rings is 1. The zero-order valence-corrected chi connectivity index (χ0v) is 13.7. The second-order valence-corrected chi connectivity index (χ2v) is 6.08. The molecule has 3 rings (SSSR count). The monoisotopic (exact) mass is 344 g/mol. The van der Waals surface area contributed by atoms with Gasteiger partial charge in [-0.3, -0.25) is 14.9 Å². The lowest BCUT2D eigenvalue weighted by Crippen LogP contribution is -2.44. The normalized spacial score (nSPS) is 17.5. The van der Waals surface area contributed by atoms with Gasteiger partial charge in [0, 0.05) is 37.5 Å². The van der Waals surface area contributed by atoms with E-state index in [0.29, 0.717) is 24.3 Å². The van der Waals surface area contributed by atoms with Crippen LogP contribution in [0.1, 0.15) is 36.2 Å². The third kappa shape index (κ3) is 3.69. The first-order valence-electron chi connectivity index (χ1n) is 8.32. The fourth-order valence-electron chi connectivity index (χ4n) is 3.17. The second kappa shape index (κ2) is 7.43. The number of non-ortho nitro benzene ring substituents is 1. The van der Waals surface area contributed by atoms with Gasteiger partial charge in [0.05, 0.1) is 10.6 Å². The molecule has 25 heavy (non-hydrogen) atoms. The molecule has 1 amide bonds. The summed E-state index contributed by atoms with van der Waals surface area (Å²) in [4.78, 5) is 24.8. The molecule has 0 spiro atoms. The number of rotatable bonds is 5. The highest BCUT2D eigenvalue weighted by Crippen LogP contribution is 2.22. The highest BCUT2D eigenvalue weighted by Gasteiger charge is 2.28. The number of aliphatic hydroxyl groups excluding tert-OH is 1. The van der Waals surface area contributed by atoms with Crippen LogP contribution in [0, 0.1) is 10.1 Å². The van der Waals surface area contributed by atoms with E-state index in [1.54, 1.807) is 29.3 Å². The third-order valence-electron chi connectivity index (χ3n) is 4.48. The van der Waals surface area contributed by atoms with Gasteiger partial charge < -0.3 is 10.0 Å². The number of benzene rings is 1. The maximum atomic E-state index is 12.8. The van der Waals surface area contributed by atoms with Gasteiger partial charge in [-0.15, -0.1) is 0 Å². The van der Waals surface area contributed by atoms with Gasteiger partial charge in [-0.05, 0) is 43.9 Å². The molecular weight excluding hydrogens is 324 g/mol. The number of carbonyl (C=O) groups is 1. The van der Waals surface area contributed by atoms with E-state index in [1.165, 1.54) is 16.8 Å². The third-order valence-corrected chi connectivity index (χ3v) is 4.48. The molecule has 0 bridgehead atoms. The van der Waals surface area contributed by atoms with E-state index >= 15 is 0 Å². The number of carbonyl (C=O) groups excluding carboxylic acids is 1. The number of nitro benzene ring substituents is 1. The molecule has 0 radical (unpaired) electrons. The Bertz CT molecular complexity index is 754. The van der Waals surface area contributed by atoms with E-state index in [1.807, 2.05) is 0 Å². The molecule has 132 valence electrons. The molecule has 1 fully saturated rings. The van der Waals surface area contributed by atoms with Crippen LogP contribution in [0.3, 0.4) is 0 Å². The Balaban J connectivity index is 1.78. The van der Waals surface area contributed by atoms with Gasteiger partial charge in [0.2, 0.25) is 0 Å². The molecule has 1 aromatic carbocycles. The second-order valence-electron chi connectivity index (χ2n) is 6.08. The van der Waals surface area contributed by atoms with Gasteiger partial charge in [0.1, 0.15) is 0 Å². The Morgan fingerprint density at radius 1 is 1.28 bits per heavy atom. The molecule has 1 unspecified atom stereocenters. The zero-order chi connectivity index (χ0) is 17.8. The molecule has 1 aliphatic heterocycles. The predicted molar refractivity (Wildman–Crippen MR) is 90.6 cm³/mol. The average molecular weight is 344 g/mol. The first-order chi connectivity index (χ1) is 12.1. The van der Waals surface area contributed by atoms with E-state index < -0.39 is 4.92 Å². The van der Waals surface area contributed by atoms with E-state index in [4.69, 9.17) is 0 Å². The zero-order valence-electron chi connectivity index (χ0n) is 13.7. The molecule has 1 saturated heterocycles. The van der Waals surface area contributed by atoms with Crippen molar-refractivity contribution in [2.24, 2.45) is 0 Å². The van der Waals surface area contributed by atoms with Crippen LogP contribution in [0.4, 0.5) is 5.69 Å². The molecule has 1 N–H and O–H groups in total. The summed E-state index contributed by atoms with van der Waals surface area (Å²) in [5, 5.41) is 24.2. The molecule has 1 aromatic heterocycles. The van der Waals surface area contributed by atoms with E-state index in [-0.39, 0.29) is 24.2 Å².